The summed E-state index contributed by atoms with van der Waals surface area (Å²) in [5.74, 6) is -0.152. The number of likely N-dealkylation sites (N-methyl/N-ethyl adjacent to an activating group) is 1. The summed E-state index contributed by atoms with van der Waals surface area (Å²) in [6.07, 6.45) is 0. The zero-order valence-electron chi connectivity index (χ0n) is 14.2. The van der Waals surface area contributed by atoms with Crippen LogP contribution in [-0.4, -0.2) is 36.6 Å². The van der Waals surface area contributed by atoms with E-state index in [-0.39, 0.29) is 12.5 Å². The first-order chi connectivity index (χ1) is 11.3. The van der Waals surface area contributed by atoms with Crippen LogP contribution in [0.3, 0.4) is 0 Å². The van der Waals surface area contributed by atoms with E-state index in [1.54, 1.807) is 31.2 Å². The van der Waals surface area contributed by atoms with Gasteiger partial charge in [-0.05, 0) is 44.3 Å². The molecule has 0 fully saturated rings. The third kappa shape index (κ3) is 4.57. The third-order valence-electron chi connectivity index (χ3n) is 3.95. The van der Waals surface area contributed by atoms with Gasteiger partial charge in [-0.1, -0.05) is 54.1 Å². The highest BCUT2D eigenvalue weighted by atomic mass is 35.5. The Kier molecular flexibility index (Phi) is 5.99. The smallest absolute Gasteiger partial charge is 0.242 e. The zero-order chi connectivity index (χ0) is 17.7. The molecule has 0 radical (unpaired) electrons. The van der Waals surface area contributed by atoms with Gasteiger partial charge >= 0.3 is 0 Å². The van der Waals surface area contributed by atoms with Gasteiger partial charge in [0.15, 0.2) is 0 Å². The Labute approximate surface area is 148 Å². The van der Waals surface area contributed by atoms with E-state index < -0.39 is 11.6 Å². The van der Waals surface area contributed by atoms with Crippen LogP contribution in [0.1, 0.15) is 24.1 Å². The van der Waals surface area contributed by atoms with E-state index in [0.29, 0.717) is 10.6 Å². The van der Waals surface area contributed by atoms with E-state index in [4.69, 9.17) is 11.6 Å². The molecular formula is C19H23ClN2O2. The SMILES string of the molecule is CN(C)C(C(=O)NCC(C)(O)c1ccc(Cl)cc1)c1ccccc1. The van der Waals surface area contributed by atoms with Gasteiger partial charge in [-0.25, -0.2) is 0 Å². The molecule has 0 bridgehead atoms. The van der Waals surface area contributed by atoms with Crippen molar-refractivity contribution in [3.05, 3.63) is 70.7 Å². The Bertz CT molecular complexity index is 670. The fraction of sp³-hybridized carbons (Fsp3) is 0.316. The lowest BCUT2D eigenvalue weighted by molar-refractivity contribution is -0.127. The predicted molar refractivity (Wildman–Crippen MR) is 96.9 cm³/mol. The molecule has 2 aromatic rings. The van der Waals surface area contributed by atoms with Gasteiger partial charge in [0, 0.05) is 5.02 Å². The number of nitrogens with zero attached hydrogens (tertiary/aromatic N) is 1. The number of rotatable bonds is 6. The minimum absolute atomic E-state index is 0.116. The van der Waals surface area contributed by atoms with Crippen molar-refractivity contribution < 1.29 is 9.90 Å². The highest BCUT2D eigenvalue weighted by molar-refractivity contribution is 6.30. The van der Waals surface area contributed by atoms with E-state index in [2.05, 4.69) is 5.32 Å². The molecule has 0 aliphatic carbocycles. The summed E-state index contributed by atoms with van der Waals surface area (Å²) in [7, 11) is 3.71. The van der Waals surface area contributed by atoms with E-state index in [1.165, 1.54) is 0 Å². The van der Waals surface area contributed by atoms with Gasteiger partial charge in [0.1, 0.15) is 11.6 Å². The summed E-state index contributed by atoms with van der Waals surface area (Å²) in [5, 5.41) is 14.1. The number of carbonyl (C=O) groups is 1. The van der Waals surface area contributed by atoms with Crippen molar-refractivity contribution in [3.63, 3.8) is 0 Å². The molecule has 128 valence electrons. The fourth-order valence-electron chi connectivity index (χ4n) is 2.59. The molecule has 4 nitrogen and oxygen atoms in total. The number of benzene rings is 2. The first kappa shape index (κ1) is 18.5. The summed E-state index contributed by atoms with van der Waals surface area (Å²) in [5.41, 5.74) is 0.438. The number of hydrogen-bond donors (Lipinski definition) is 2. The van der Waals surface area contributed by atoms with Crippen LogP contribution in [0.5, 0.6) is 0 Å². The maximum Gasteiger partial charge on any atom is 0.242 e. The van der Waals surface area contributed by atoms with E-state index in [9.17, 15) is 9.90 Å². The molecule has 5 heteroatoms. The second kappa shape index (κ2) is 7.79. The van der Waals surface area contributed by atoms with Crippen molar-refractivity contribution in [1.29, 1.82) is 0 Å². The van der Waals surface area contributed by atoms with Crippen molar-refractivity contribution in [1.82, 2.24) is 10.2 Å². The van der Waals surface area contributed by atoms with Gasteiger partial charge in [-0.3, -0.25) is 9.69 Å². The molecule has 2 atom stereocenters. The Balaban J connectivity index is 2.09. The van der Waals surface area contributed by atoms with Gasteiger partial charge in [0.2, 0.25) is 5.91 Å². The van der Waals surface area contributed by atoms with Gasteiger partial charge < -0.3 is 10.4 Å². The number of halogens is 1. The number of carbonyl (C=O) groups excluding carboxylic acids is 1. The summed E-state index contributed by atoms with van der Waals surface area (Å²) in [6.45, 7) is 1.79. The molecule has 2 unspecified atom stereocenters. The summed E-state index contributed by atoms with van der Waals surface area (Å²) in [6, 6.07) is 16.1. The lowest BCUT2D eigenvalue weighted by atomic mass is 9.95. The van der Waals surface area contributed by atoms with E-state index in [0.717, 1.165) is 5.56 Å². The van der Waals surface area contributed by atoms with Crippen molar-refractivity contribution >= 4 is 17.5 Å². The molecule has 0 heterocycles. The number of hydrogen-bond acceptors (Lipinski definition) is 3. The molecule has 2 aromatic carbocycles. The minimum Gasteiger partial charge on any atom is -0.384 e. The molecule has 24 heavy (non-hydrogen) atoms. The monoisotopic (exact) mass is 346 g/mol. The Morgan fingerprint density at radius 1 is 1.17 bits per heavy atom. The predicted octanol–water partition coefficient (Wildman–Crippen LogP) is 2.97. The maximum absolute atomic E-state index is 12.6. The molecule has 2 N–H and O–H groups in total. The molecule has 2 rings (SSSR count). The third-order valence-corrected chi connectivity index (χ3v) is 4.20. The molecule has 0 spiro atoms. The lowest BCUT2D eigenvalue weighted by Gasteiger charge is -2.28. The average Bonchev–Trinajstić information content (AvgIpc) is 2.54. The Morgan fingerprint density at radius 3 is 2.29 bits per heavy atom. The first-order valence-corrected chi connectivity index (χ1v) is 8.16. The van der Waals surface area contributed by atoms with E-state index in [1.807, 2.05) is 49.3 Å². The average molecular weight is 347 g/mol. The van der Waals surface area contributed by atoms with Crippen LogP contribution < -0.4 is 5.32 Å². The van der Waals surface area contributed by atoms with Gasteiger partial charge in [-0.15, -0.1) is 0 Å². The summed E-state index contributed by atoms with van der Waals surface area (Å²) < 4.78 is 0. The Morgan fingerprint density at radius 2 is 1.75 bits per heavy atom. The largest absolute Gasteiger partial charge is 0.384 e. The van der Waals surface area contributed by atoms with Crippen LogP contribution >= 0.6 is 11.6 Å². The van der Waals surface area contributed by atoms with Gasteiger partial charge in [0.05, 0.1) is 6.54 Å². The molecule has 0 saturated carbocycles. The highest BCUT2D eigenvalue weighted by Gasteiger charge is 2.27. The molecule has 0 saturated heterocycles. The van der Waals surface area contributed by atoms with Crippen LogP contribution in [0, 0.1) is 0 Å². The molecule has 0 aliphatic rings. The first-order valence-electron chi connectivity index (χ1n) is 7.79. The lowest BCUT2D eigenvalue weighted by Crippen LogP contribution is -2.43. The van der Waals surface area contributed by atoms with Gasteiger partial charge in [-0.2, -0.15) is 0 Å². The second-order valence-electron chi connectivity index (χ2n) is 6.28. The second-order valence-corrected chi connectivity index (χ2v) is 6.71. The van der Waals surface area contributed by atoms with Crippen LogP contribution in [-0.2, 0) is 10.4 Å². The molecular weight excluding hydrogens is 324 g/mol. The standard InChI is InChI=1S/C19H23ClN2O2/c1-19(24,15-9-11-16(20)12-10-15)13-21-18(23)17(22(2)3)14-7-5-4-6-8-14/h4-12,17,24H,13H2,1-3H3,(H,21,23). The Hall–Kier alpha value is -1.88. The van der Waals surface area contributed by atoms with Crippen LogP contribution in [0.25, 0.3) is 0 Å². The van der Waals surface area contributed by atoms with Crippen molar-refractivity contribution in [2.24, 2.45) is 0 Å². The van der Waals surface area contributed by atoms with Crippen LogP contribution in [0.2, 0.25) is 5.02 Å². The van der Waals surface area contributed by atoms with Gasteiger partial charge in [0.25, 0.3) is 0 Å². The topological polar surface area (TPSA) is 52.6 Å². The number of aliphatic hydroxyl groups is 1. The van der Waals surface area contributed by atoms with Crippen molar-refractivity contribution in [3.8, 4) is 0 Å². The number of nitrogens with one attached hydrogen (secondary N) is 1. The quantitative estimate of drug-likeness (QED) is 0.845. The van der Waals surface area contributed by atoms with Crippen LogP contribution in [0.15, 0.2) is 54.6 Å². The minimum atomic E-state index is -1.17. The summed E-state index contributed by atoms with van der Waals surface area (Å²) in [4.78, 5) is 14.5. The number of amides is 1. The highest BCUT2D eigenvalue weighted by Crippen LogP contribution is 2.23. The van der Waals surface area contributed by atoms with Crippen molar-refractivity contribution in [2.45, 2.75) is 18.6 Å². The normalized spacial score (nSPS) is 14.9. The summed E-state index contributed by atoms with van der Waals surface area (Å²) >= 11 is 5.88. The zero-order valence-corrected chi connectivity index (χ0v) is 14.9. The molecule has 0 aromatic heterocycles. The molecule has 0 aliphatic heterocycles. The van der Waals surface area contributed by atoms with E-state index >= 15 is 0 Å². The van der Waals surface area contributed by atoms with Crippen molar-refractivity contribution in [2.75, 3.05) is 20.6 Å². The molecule has 1 amide bonds. The fourth-order valence-corrected chi connectivity index (χ4v) is 2.71. The van der Waals surface area contributed by atoms with Crippen LogP contribution in [0.4, 0.5) is 0 Å². The maximum atomic E-state index is 12.6.